The van der Waals surface area contributed by atoms with Gasteiger partial charge in [-0.2, -0.15) is 0 Å². The van der Waals surface area contributed by atoms with Crippen LogP contribution in [-0.2, 0) is 14.3 Å². The Morgan fingerprint density at radius 2 is 1.59 bits per heavy atom. The van der Waals surface area contributed by atoms with Gasteiger partial charge < -0.3 is 14.8 Å². The molecule has 1 N–H and O–H groups in total. The van der Waals surface area contributed by atoms with Crippen molar-refractivity contribution in [1.29, 1.82) is 0 Å². The van der Waals surface area contributed by atoms with Crippen molar-refractivity contribution in [1.82, 2.24) is 5.32 Å². The van der Waals surface area contributed by atoms with E-state index in [-0.39, 0.29) is 6.61 Å². The van der Waals surface area contributed by atoms with Gasteiger partial charge in [-0.25, -0.2) is 9.59 Å². The summed E-state index contributed by atoms with van der Waals surface area (Å²) in [6.45, 7) is 7.87. The lowest BCUT2D eigenvalue weighted by atomic mass is 10.1. The van der Waals surface area contributed by atoms with Crippen LogP contribution in [0.5, 0.6) is 0 Å². The molecule has 0 aromatic carbocycles. The van der Waals surface area contributed by atoms with Gasteiger partial charge in [0.2, 0.25) is 0 Å². The van der Waals surface area contributed by atoms with E-state index in [0.29, 0.717) is 13.0 Å². The molecule has 5 nitrogen and oxygen atoms in total. The van der Waals surface area contributed by atoms with Gasteiger partial charge in [-0.3, -0.25) is 0 Å². The maximum absolute atomic E-state index is 12.1. The summed E-state index contributed by atoms with van der Waals surface area (Å²) in [5.41, 5.74) is 0. The van der Waals surface area contributed by atoms with Gasteiger partial charge in [0.15, 0.2) is 6.61 Å². The van der Waals surface area contributed by atoms with Crippen molar-refractivity contribution in [3.8, 4) is 11.8 Å². The van der Waals surface area contributed by atoms with Crippen LogP contribution in [0.4, 0.5) is 4.79 Å². The molecular weight excluding hydrogens is 342 g/mol. The Morgan fingerprint density at radius 3 is 2.15 bits per heavy atom. The first-order valence-corrected chi connectivity index (χ1v) is 10.3. The van der Waals surface area contributed by atoms with Crippen molar-refractivity contribution in [3.05, 3.63) is 12.7 Å². The Labute approximate surface area is 165 Å². The van der Waals surface area contributed by atoms with Crippen molar-refractivity contribution in [2.45, 2.75) is 90.5 Å². The number of unbranched alkanes of at least 4 members (excludes halogenated alkanes) is 9. The summed E-state index contributed by atoms with van der Waals surface area (Å²) in [5, 5.41) is 2.49. The summed E-state index contributed by atoms with van der Waals surface area (Å²) in [6, 6.07) is -0.771. The fourth-order valence-corrected chi connectivity index (χ4v) is 2.60. The molecular formula is C22H37NO4. The minimum absolute atomic E-state index is 0.00318. The number of carbonyl (C=O) groups excluding carboxylic acids is 2. The molecule has 0 heterocycles. The number of carbonyl (C=O) groups is 2. The first kappa shape index (κ1) is 25.0. The molecule has 1 unspecified atom stereocenters. The summed E-state index contributed by atoms with van der Waals surface area (Å²) >= 11 is 0. The number of esters is 1. The minimum Gasteiger partial charge on any atom is -0.464 e. The molecule has 0 aromatic rings. The molecule has 0 aromatic heterocycles. The molecule has 0 rings (SSSR count). The third kappa shape index (κ3) is 16.0. The Kier molecular flexibility index (Phi) is 17.5. The summed E-state index contributed by atoms with van der Waals surface area (Å²) in [7, 11) is 0. The van der Waals surface area contributed by atoms with Crippen molar-refractivity contribution < 1.29 is 19.1 Å². The Morgan fingerprint density at radius 1 is 1.00 bits per heavy atom. The highest BCUT2D eigenvalue weighted by Gasteiger charge is 2.21. The molecule has 1 amide bonds. The molecule has 27 heavy (non-hydrogen) atoms. The number of rotatable bonds is 16. The van der Waals surface area contributed by atoms with E-state index in [1.165, 1.54) is 51.4 Å². The van der Waals surface area contributed by atoms with Gasteiger partial charge in [-0.1, -0.05) is 76.7 Å². The molecule has 0 aliphatic rings. The zero-order valence-electron chi connectivity index (χ0n) is 17.2. The standard InChI is InChI=1S/C22H37NO4/c1-4-7-9-10-11-12-13-14-15-16-19-26-21(24)20(17-6-3)23-22(25)27-18-8-5-2/h6,20H,3-4,7,9-19H2,1-2H3,(H,23,25). The molecule has 0 aliphatic carbocycles. The van der Waals surface area contributed by atoms with E-state index in [4.69, 9.17) is 9.47 Å². The molecule has 0 radical (unpaired) electrons. The molecule has 0 bridgehead atoms. The smallest absolute Gasteiger partial charge is 0.408 e. The van der Waals surface area contributed by atoms with Gasteiger partial charge in [0.05, 0.1) is 6.61 Å². The topological polar surface area (TPSA) is 64.6 Å². The lowest BCUT2D eigenvalue weighted by Gasteiger charge is -2.15. The van der Waals surface area contributed by atoms with Crippen LogP contribution < -0.4 is 5.32 Å². The van der Waals surface area contributed by atoms with Crippen LogP contribution >= 0.6 is 0 Å². The maximum atomic E-state index is 12.1. The Bertz CT molecular complexity index is 465. The first-order valence-electron chi connectivity index (χ1n) is 10.3. The van der Waals surface area contributed by atoms with Crippen LogP contribution in [0.25, 0.3) is 0 Å². The quantitative estimate of drug-likeness (QED) is 0.174. The average Bonchev–Trinajstić information content (AvgIpc) is 2.65. The highest BCUT2D eigenvalue weighted by molar-refractivity contribution is 5.81. The molecule has 0 spiro atoms. The predicted molar refractivity (Wildman–Crippen MR) is 109 cm³/mol. The predicted octanol–water partition coefficient (Wildman–Crippen LogP) is 5.14. The van der Waals surface area contributed by atoms with Crippen molar-refractivity contribution >= 4 is 12.1 Å². The molecule has 0 saturated heterocycles. The number of alkyl carbamates (subject to hydrolysis) is 1. The van der Waals surface area contributed by atoms with E-state index in [0.717, 1.165) is 12.8 Å². The summed E-state index contributed by atoms with van der Waals surface area (Å²) in [5.74, 6) is 4.79. The molecule has 0 fully saturated rings. The largest absolute Gasteiger partial charge is 0.464 e. The fourth-order valence-electron chi connectivity index (χ4n) is 2.60. The highest BCUT2D eigenvalue weighted by atomic mass is 16.6. The van der Waals surface area contributed by atoms with Crippen LogP contribution in [0.2, 0.25) is 0 Å². The number of nitrogens with one attached hydrogen (secondary N) is 1. The first-order chi connectivity index (χ1) is 13.2. The maximum Gasteiger partial charge on any atom is 0.408 e. The summed E-state index contributed by atoms with van der Waals surface area (Å²) in [6.07, 6.45) is 13.4. The molecule has 5 heteroatoms. The normalized spacial score (nSPS) is 11.0. The average molecular weight is 380 g/mol. The lowest BCUT2D eigenvalue weighted by molar-refractivity contribution is -0.146. The SMILES string of the molecule is C=CCC(NC(=O)OCC#CC)C(=O)OCCCCCCCCCCCC. The van der Waals surface area contributed by atoms with E-state index < -0.39 is 18.1 Å². The number of hydrogen-bond acceptors (Lipinski definition) is 4. The minimum atomic E-state index is -0.771. The van der Waals surface area contributed by atoms with Gasteiger partial charge in [-0.05, 0) is 19.8 Å². The number of amides is 1. The molecule has 154 valence electrons. The highest BCUT2D eigenvalue weighted by Crippen LogP contribution is 2.10. The van der Waals surface area contributed by atoms with Gasteiger partial charge in [0.25, 0.3) is 0 Å². The van der Waals surface area contributed by atoms with Crippen molar-refractivity contribution in [2.75, 3.05) is 13.2 Å². The van der Waals surface area contributed by atoms with E-state index in [9.17, 15) is 9.59 Å². The van der Waals surface area contributed by atoms with Crippen LogP contribution in [0, 0.1) is 11.8 Å². The molecule has 0 aliphatic heterocycles. The second-order valence-corrected chi connectivity index (χ2v) is 6.57. The van der Waals surface area contributed by atoms with Gasteiger partial charge >= 0.3 is 12.1 Å². The lowest BCUT2D eigenvalue weighted by Crippen LogP contribution is -2.42. The third-order valence-corrected chi connectivity index (χ3v) is 4.17. The molecule has 1 atom stereocenters. The van der Waals surface area contributed by atoms with Crippen LogP contribution in [0.3, 0.4) is 0 Å². The van der Waals surface area contributed by atoms with Gasteiger partial charge in [0.1, 0.15) is 6.04 Å². The number of hydrogen-bond donors (Lipinski definition) is 1. The van der Waals surface area contributed by atoms with E-state index in [2.05, 4.69) is 30.7 Å². The third-order valence-electron chi connectivity index (χ3n) is 4.17. The van der Waals surface area contributed by atoms with Crippen molar-refractivity contribution in [3.63, 3.8) is 0 Å². The fraction of sp³-hybridized carbons (Fsp3) is 0.727. The monoisotopic (exact) mass is 379 g/mol. The summed E-state index contributed by atoms with van der Waals surface area (Å²) < 4.78 is 10.1. The van der Waals surface area contributed by atoms with Crippen LogP contribution in [0.15, 0.2) is 12.7 Å². The van der Waals surface area contributed by atoms with E-state index >= 15 is 0 Å². The Balaban J connectivity index is 3.80. The summed E-state index contributed by atoms with van der Waals surface area (Å²) in [4.78, 5) is 23.7. The van der Waals surface area contributed by atoms with Crippen molar-refractivity contribution in [2.24, 2.45) is 0 Å². The molecule has 0 saturated carbocycles. The number of ether oxygens (including phenoxy) is 2. The Hall–Kier alpha value is -1.96. The zero-order valence-corrected chi connectivity index (χ0v) is 17.2. The van der Waals surface area contributed by atoms with Gasteiger partial charge in [-0.15, -0.1) is 12.5 Å². The second-order valence-electron chi connectivity index (χ2n) is 6.57. The van der Waals surface area contributed by atoms with Crippen LogP contribution in [0.1, 0.15) is 84.5 Å². The zero-order chi connectivity index (χ0) is 20.2. The van der Waals surface area contributed by atoms with E-state index in [1.807, 2.05) is 0 Å². The van der Waals surface area contributed by atoms with Crippen LogP contribution in [-0.4, -0.2) is 31.3 Å². The second kappa shape index (κ2) is 18.8. The van der Waals surface area contributed by atoms with E-state index in [1.54, 1.807) is 13.0 Å². The van der Waals surface area contributed by atoms with Gasteiger partial charge in [0, 0.05) is 0 Å².